The minimum Gasteiger partial charge on any atom is -0.481 e. The van der Waals surface area contributed by atoms with Crippen molar-refractivity contribution in [2.75, 3.05) is 19.5 Å². The predicted molar refractivity (Wildman–Crippen MR) is 76.2 cm³/mol. The molecule has 2 heterocycles. The molecule has 0 bridgehead atoms. The normalized spacial score (nSPS) is 12.0. The molecule has 2 aromatic heterocycles. The van der Waals surface area contributed by atoms with Crippen molar-refractivity contribution in [3.8, 4) is 11.8 Å². The van der Waals surface area contributed by atoms with Crippen molar-refractivity contribution in [3.63, 3.8) is 0 Å². The molecule has 102 valence electrons. The number of hydrogen-bond donors (Lipinski definition) is 1. The fraction of sp³-hybridized carbons (Fsp3) is 0.385. The molecule has 0 saturated heterocycles. The highest BCUT2D eigenvalue weighted by molar-refractivity contribution is 7.12. The zero-order chi connectivity index (χ0) is 13.8. The van der Waals surface area contributed by atoms with Gasteiger partial charge in [0, 0.05) is 9.75 Å². The standard InChI is InChI=1S/C13H17N3O2S/c1-8-5-6-10(19-8)9(2)14-13-15-11(17-3)7-12(16-13)18-4/h5-7,9H,1-4H3,(H,14,15,16). The second-order valence-electron chi connectivity index (χ2n) is 4.09. The monoisotopic (exact) mass is 279 g/mol. The van der Waals surface area contributed by atoms with Crippen LogP contribution in [0.25, 0.3) is 0 Å². The summed E-state index contributed by atoms with van der Waals surface area (Å²) in [5.41, 5.74) is 0. The summed E-state index contributed by atoms with van der Waals surface area (Å²) in [6.07, 6.45) is 0. The molecule has 0 aliphatic rings. The second-order valence-corrected chi connectivity index (χ2v) is 5.41. The molecule has 2 rings (SSSR count). The number of anilines is 1. The topological polar surface area (TPSA) is 56.3 Å². The molecule has 0 saturated carbocycles. The van der Waals surface area contributed by atoms with Crippen LogP contribution in [-0.2, 0) is 0 Å². The van der Waals surface area contributed by atoms with E-state index in [2.05, 4.69) is 41.3 Å². The van der Waals surface area contributed by atoms with Crippen molar-refractivity contribution in [1.82, 2.24) is 9.97 Å². The quantitative estimate of drug-likeness (QED) is 0.911. The number of aryl methyl sites for hydroxylation is 1. The number of rotatable bonds is 5. The molecule has 1 N–H and O–H groups in total. The summed E-state index contributed by atoms with van der Waals surface area (Å²) in [4.78, 5) is 11.0. The number of nitrogens with one attached hydrogen (secondary N) is 1. The molecule has 0 spiro atoms. The fourth-order valence-corrected chi connectivity index (χ4v) is 2.51. The molecule has 0 aromatic carbocycles. The Labute approximate surface area is 116 Å². The number of ether oxygens (including phenoxy) is 2. The van der Waals surface area contributed by atoms with Crippen LogP contribution in [0.2, 0.25) is 0 Å². The van der Waals surface area contributed by atoms with Crippen LogP contribution in [0.3, 0.4) is 0 Å². The Hall–Kier alpha value is -1.82. The van der Waals surface area contributed by atoms with Crippen LogP contribution in [0.5, 0.6) is 11.8 Å². The van der Waals surface area contributed by atoms with Gasteiger partial charge in [-0.2, -0.15) is 9.97 Å². The molecule has 0 radical (unpaired) electrons. The minimum atomic E-state index is 0.135. The Morgan fingerprint density at radius 2 is 1.79 bits per heavy atom. The van der Waals surface area contributed by atoms with E-state index >= 15 is 0 Å². The van der Waals surface area contributed by atoms with Crippen molar-refractivity contribution in [2.45, 2.75) is 19.9 Å². The van der Waals surface area contributed by atoms with Gasteiger partial charge in [-0.1, -0.05) is 0 Å². The van der Waals surface area contributed by atoms with Crippen molar-refractivity contribution in [1.29, 1.82) is 0 Å². The van der Waals surface area contributed by atoms with Crippen LogP contribution >= 0.6 is 11.3 Å². The molecule has 0 amide bonds. The Morgan fingerprint density at radius 1 is 1.16 bits per heavy atom. The van der Waals surface area contributed by atoms with E-state index in [-0.39, 0.29) is 6.04 Å². The van der Waals surface area contributed by atoms with Gasteiger partial charge < -0.3 is 14.8 Å². The molecule has 0 aliphatic heterocycles. The molecule has 19 heavy (non-hydrogen) atoms. The van der Waals surface area contributed by atoms with Gasteiger partial charge in [0.05, 0.1) is 26.3 Å². The van der Waals surface area contributed by atoms with E-state index in [9.17, 15) is 0 Å². The van der Waals surface area contributed by atoms with Crippen molar-refractivity contribution in [2.24, 2.45) is 0 Å². The average Bonchev–Trinajstić information content (AvgIpc) is 2.85. The van der Waals surface area contributed by atoms with E-state index in [1.165, 1.54) is 9.75 Å². The van der Waals surface area contributed by atoms with Crippen LogP contribution in [0, 0.1) is 6.92 Å². The third kappa shape index (κ3) is 3.35. The summed E-state index contributed by atoms with van der Waals surface area (Å²) < 4.78 is 10.2. The van der Waals surface area contributed by atoms with Gasteiger partial charge >= 0.3 is 0 Å². The molecule has 1 unspecified atom stereocenters. The number of nitrogens with zero attached hydrogens (tertiary/aromatic N) is 2. The largest absolute Gasteiger partial charge is 0.481 e. The van der Waals surface area contributed by atoms with E-state index in [0.29, 0.717) is 17.7 Å². The molecule has 2 aromatic rings. The third-order valence-electron chi connectivity index (χ3n) is 2.63. The highest BCUT2D eigenvalue weighted by Crippen LogP contribution is 2.26. The number of methoxy groups -OCH3 is 2. The van der Waals surface area contributed by atoms with Crippen LogP contribution in [0.15, 0.2) is 18.2 Å². The minimum absolute atomic E-state index is 0.135. The maximum Gasteiger partial charge on any atom is 0.229 e. The Morgan fingerprint density at radius 3 is 2.26 bits per heavy atom. The van der Waals surface area contributed by atoms with Gasteiger partial charge in [0.2, 0.25) is 17.7 Å². The van der Waals surface area contributed by atoms with Gasteiger partial charge in [-0.15, -0.1) is 11.3 Å². The first kappa shape index (κ1) is 13.6. The lowest BCUT2D eigenvalue weighted by molar-refractivity contribution is 0.372. The molecule has 0 fully saturated rings. The van der Waals surface area contributed by atoms with Crippen LogP contribution < -0.4 is 14.8 Å². The summed E-state index contributed by atoms with van der Waals surface area (Å²) in [5, 5.41) is 3.25. The summed E-state index contributed by atoms with van der Waals surface area (Å²) in [6.45, 7) is 4.16. The highest BCUT2D eigenvalue weighted by Gasteiger charge is 2.11. The summed E-state index contributed by atoms with van der Waals surface area (Å²) in [5.74, 6) is 1.45. The first-order valence-corrected chi connectivity index (χ1v) is 6.74. The highest BCUT2D eigenvalue weighted by atomic mass is 32.1. The predicted octanol–water partition coefficient (Wildman–Crippen LogP) is 3.04. The number of hydrogen-bond acceptors (Lipinski definition) is 6. The molecule has 6 heteroatoms. The van der Waals surface area contributed by atoms with E-state index in [1.54, 1.807) is 31.6 Å². The van der Waals surface area contributed by atoms with E-state index in [1.807, 2.05) is 0 Å². The molecule has 5 nitrogen and oxygen atoms in total. The SMILES string of the molecule is COc1cc(OC)nc(NC(C)c2ccc(C)s2)n1. The maximum atomic E-state index is 5.12. The zero-order valence-corrected chi connectivity index (χ0v) is 12.2. The molecule has 0 aliphatic carbocycles. The van der Waals surface area contributed by atoms with E-state index in [4.69, 9.17) is 9.47 Å². The summed E-state index contributed by atoms with van der Waals surface area (Å²) in [6, 6.07) is 5.99. The lowest BCUT2D eigenvalue weighted by Gasteiger charge is -2.13. The van der Waals surface area contributed by atoms with Gasteiger partial charge in [-0.3, -0.25) is 0 Å². The molecular formula is C13H17N3O2S. The van der Waals surface area contributed by atoms with E-state index in [0.717, 1.165) is 0 Å². The fourth-order valence-electron chi connectivity index (χ4n) is 1.63. The maximum absolute atomic E-state index is 5.12. The van der Waals surface area contributed by atoms with Gasteiger partial charge in [-0.05, 0) is 26.0 Å². The lowest BCUT2D eigenvalue weighted by atomic mass is 10.3. The van der Waals surface area contributed by atoms with E-state index < -0.39 is 0 Å². The van der Waals surface area contributed by atoms with Crippen LogP contribution in [-0.4, -0.2) is 24.2 Å². The molecule has 1 atom stereocenters. The van der Waals surface area contributed by atoms with Crippen molar-refractivity contribution < 1.29 is 9.47 Å². The first-order valence-electron chi connectivity index (χ1n) is 5.92. The smallest absolute Gasteiger partial charge is 0.229 e. The van der Waals surface area contributed by atoms with Crippen LogP contribution in [0.4, 0.5) is 5.95 Å². The Kier molecular flexibility index (Phi) is 4.21. The van der Waals surface area contributed by atoms with Crippen molar-refractivity contribution in [3.05, 3.63) is 28.0 Å². The Balaban J connectivity index is 2.18. The van der Waals surface area contributed by atoms with Crippen molar-refractivity contribution >= 4 is 17.3 Å². The van der Waals surface area contributed by atoms with Gasteiger partial charge in [0.1, 0.15) is 0 Å². The zero-order valence-electron chi connectivity index (χ0n) is 11.4. The lowest BCUT2D eigenvalue weighted by Crippen LogP contribution is -2.09. The van der Waals surface area contributed by atoms with Gasteiger partial charge in [0.25, 0.3) is 0 Å². The summed E-state index contributed by atoms with van der Waals surface area (Å²) >= 11 is 1.75. The summed E-state index contributed by atoms with van der Waals surface area (Å²) in [7, 11) is 3.13. The number of thiophene rings is 1. The third-order valence-corrected chi connectivity index (χ3v) is 3.81. The van der Waals surface area contributed by atoms with Crippen LogP contribution in [0.1, 0.15) is 22.7 Å². The van der Waals surface area contributed by atoms with Gasteiger partial charge in [-0.25, -0.2) is 0 Å². The average molecular weight is 279 g/mol. The second kappa shape index (κ2) is 5.88. The first-order chi connectivity index (χ1) is 9.12. The number of aromatic nitrogens is 2. The Bertz CT molecular complexity index is 534. The molecular weight excluding hydrogens is 262 g/mol. The van der Waals surface area contributed by atoms with Gasteiger partial charge in [0.15, 0.2) is 0 Å².